The van der Waals surface area contributed by atoms with Gasteiger partial charge < -0.3 is 49.3 Å². The summed E-state index contributed by atoms with van der Waals surface area (Å²) in [6, 6.07) is 0. The van der Waals surface area contributed by atoms with Gasteiger partial charge >= 0.3 is 35.4 Å². The number of unbranched alkanes of at least 4 members (excludes halogenated alkanes) is 20. The van der Waals surface area contributed by atoms with Crippen molar-refractivity contribution in [3.63, 3.8) is 0 Å². The van der Waals surface area contributed by atoms with E-state index in [2.05, 4.69) is 16.0 Å². The Morgan fingerprint density at radius 3 is 1.28 bits per heavy atom. The van der Waals surface area contributed by atoms with Crippen molar-refractivity contribution in [1.29, 1.82) is 0 Å². The average molecular weight is 985 g/mol. The van der Waals surface area contributed by atoms with Gasteiger partial charge in [-0.25, -0.2) is 13.7 Å². The highest BCUT2D eigenvalue weighted by Gasteiger charge is 2.56. The summed E-state index contributed by atoms with van der Waals surface area (Å²) in [5.41, 5.74) is 0. The van der Waals surface area contributed by atoms with Crippen LogP contribution in [-0.2, 0) is 55.6 Å². The van der Waals surface area contributed by atoms with Gasteiger partial charge in [0, 0.05) is 25.7 Å². The Bertz CT molecular complexity index is 1420. The number of rotatable bonds is 40. The second-order valence-corrected chi connectivity index (χ2v) is 20.5. The Morgan fingerprint density at radius 2 is 0.844 bits per heavy atom. The molecule has 0 bridgehead atoms. The van der Waals surface area contributed by atoms with Crippen LogP contribution in [0, 0.1) is 0 Å². The fourth-order valence-electron chi connectivity index (χ4n) is 7.35. The van der Waals surface area contributed by atoms with Gasteiger partial charge in [-0.15, -0.1) is 0 Å². The number of phosphoric ester groups is 3. The quantitative estimate of drug-likeness (QED) is 0.0172. The van der Waals surface area contributed by atoms with E-state index in [1.807, 2.05) is 6.92 Å². The molecule has 0 amide bonds. The first-order valence-corrected chi connectivity index (χ1v) is 27.8. The summed E-state index contributed by atoms with van der Waals surface area (Å²) in [4.78, 5) is 84.7. The summed E-state index contributed by atoms with van der Waals surface area (Å²) in [7, 11) is -16.6. The van der Waals surface area contributed by atoms with E-state index in [1.54, 1.807) is 0 Å². The highest BCUT2D eigenvalue weighted by molar-refractivity contribution is 7.47. The lowest BCUT2D eigenvalue weighted by atomic mass is 9.85. The van der Waals surface area contributed by atoms with E-state index in [0.717, 1.165) is 89.9 Å². The Kier molecular flexibility index (Phi) is 32.5. The molecule has 64 heavy (non-hydrogen) atoms. The van der Waals surface area contributed by atoms with E-state index in [-0.39, 0.29) is 12.8 Å². The zero-order chi connectivity index (χ0) is 48.0. The van der Waals surface area contributed by atoms with Crippen molar-refractivity contribution in [3.8, 4) is 0 Å². The maximum atomic E-state index is 13.1. The number of esters is 2. The fourth-order valence-corrected chi connectivity index (χ4v) is 9.45. The highest BCUT2D eigenvalue weighted by atomic mass is 31.2. The second-order valence-electron chi connectivity index (χ2n) is 16.7. The van der Waals surface area contributed by atoms with Gasteiger partial charge in [-0.1, -0.05) is 136 Å². The largest absolute Gasteiger partial charge is 0.472 e. The molecule has 1 aliphatic rings. The van der Waals surface area contributed by atoms with Crippen LogP contribution in [0.5, 0.6) is 0 Å². The minimum Gasteiger partial charge on any atom is -0.462 e. The van der Waals surface area contributed by atoms with Gasteiger partial charge in [0.25, 0.3) is 0 Å². The van der Waals surface area contributed by atoms with E-state index in [9.17, 15) is 67.9 Å². The number of Topliss-reactive ketones (excluding diaryl/α,β-unsaturated/α-hetero) is 1. The van der Waals surface area contributed by atoms with Crippen molar-refractivity contribution in [2.24, 2.45) is 0 Å². The smallest absolute Gasteiger partial charge is 0.462 e. The van der Waals surface area contributed by atoms with Gasteiger partial charge in [-0.2, -0.15) is 0 Å². The lowest BCUT2D eigenvalue weighted by molar-refractivity contribution is -0.213. The molecule has 0 aromatic rings. The molecule has 1 aliphatic carbocycles. The van der Waals surface area contributed by atoms with E-state index in [4.69, 9.17) is 18.5 Å². The first-order chi connectivity index (χ1) is 30.2. The number of carbonyl (C=O) groups excluding carboxylic acids is 3. The minimum absolute atomic E-state index is 0.00865. The average Bonchev–Trinajstić information content (AvgIpc) is 3.21. The zero-order valence-electron chi connectivity index (χ0n) is 37.9. The molecular formula is C41H79O20P3. The number of ether oxygens (including phenoxy) is 2. The first kappa shape index (κ1) is 60.8. The van der Waals surface area contributed by atoms with E-state index in [1.165, 1.54) is 44.9 Å². The van der Waals surface area contributed by atoms with Crippen LogP contribution in [0.4, 0.5) is 0 Å². The van der Waals surface area contributed by atoms with Crippen molar-refractivity contribution in [1.82, 2.24) is 0 Å². The number of hydrogen-bond acceptors (Lipinski definition) is 15. The molecule has 0 aromatic heterocycles. The number of phosphoric acid groups is 3. The Balaban J connectivity index is 2.74. The monoisotopic (exact) mass is 984 g/mol. The van der Waals surface area contributed by atoms with Crippen molar-refractivity contribution in [2.45, 2.75) is 230 Å². The summed E-state index contributed by atoms with van der Waals surface area (Å²) in [5, 5.41) is 31.8. The van der Waals surface area contributed by atoms with E-state index >= 15 is 0 Å². The molecule has 378 valence electrons. The van der Waals surface area contributed by atoms with Crippen LogP contribution < -0.4 is 0 Å². The van der Waals surface area contributed by atoms with Gasteiger partial charge in [-0.05, 0) is 25.7 Å². The zero-order valence-corrected chi connectivity index (χ0v) is 40.5. The molecule has 1 fully saturated rings. The SMILES string of the molecule is CCCCCCCCCCCCCCCC(=O)O[C@H](COC(=O)CCCCCCCCCCCC(=O)CCC)COP(=O)(O)OC1C(O)[C@@H](OP(=O)(O)O)C(OP(=O)(O)O)[C@@H](O)[C@H]1O. The lowest BCUT2D eigenvalue weighted by Crippen LogP contribution is -2.65. The van der Waals surface area contributed by atoms with Gasteiger partial charge in [-0.3, -0.25) is 32.5 Å². The molecule has 0 spiro atoms. The number of ketones is 1. The van der Waals surface area contributed by atoms with E-state index in [0.29, 0.717) is 31.5 Å². The molecule has 8 atom stereocenters. The van der Waals surface area contributed by atoms with Crippen LogP contribution in [0.1, 0.15) is 187 Å². The van der Waals surface area contributed by atoms with Crippen LogP contribution in [-0.4, -0.2) is 113 Å². The molecular weight excluding hydrogens is 905 g/mol. The van der Waals surface area contributed by atoms with Gasteiger partial charge in [0.15, 0.2) is 6.10 Å². The topological polar surface area (TPSA) is 320 Å². The van der Waals surface area contributed by atoms with Crippen LogP contribution in [0.3, 0.4) is 0 Å². The third kappa shape index (κ3) is 30.3. The molecule has 0 aliphatic heterocycles. The molecule has 20 nitrogen and oxygen atoms in total. The van der Waals surface area contributed by atoms with Crippen LogP contribution in [0.15, 0.2) is 0 Å². The maximum Gasteiger partial charge on any atom is 0.472 e. The molecule has 23 heteroatoms. The molecule has 1 saturated carbocycles. The first-order valence-electron chi connectivity index (χ1n) is 23.2. The van der Waals surface area contributed by atoms with Crippen LogP contribution >= 0.6 is 23.5 Å². The molecule has 0 aromatic carbocycles. The Morgan fingerprint density at radius 1 is 0.453 bits per heavy atom. The summed E-state index contributed by atoms with van der Waals surface area (Å²) < 4.78 is 65.3. The Labute approximate surface area is 378 Å². The third-order valence-electron chi connectivity index (χ3n) is 10.8. The number of hydrogen-bond donors (Lipinski definition) is 8. The highest BCUT2D eigenvalue weighted by Crippen LogP contribution is 2.51. The van der Waals surface area contributed by atoms with Crippen molar-refractivity contribution in [2.75, 3.05) is 13.2 Å². The van der Waals surface area contributed by atoms with Crippen LogP contribution in [0.2, 0.25) is 0 Å². The predicted octanol–water partition coefficient (Wildman–Crippen LogP) is 7.14. The molecule has 4 unspecified atom stereocenters. The normalized spacial score (nSPS) is 21.9. The maximum absolute atomic E-state index is 13.1. The Hall–Kier alpha value is -1.18. The van der Waals surface area contributed by atoms with Crippen molar-refractivity contribution >= 4 is 41.2 Å². The predicted molar refractivity (Wildman–Crippen MR) is 234 cm³/mol. The summed E-state index contributed by atoms with van der Waals surface area (Å²) in [5.74, 6) is -1.01. The van der Waals surface area contributed by atoms with E-state index < -0.39 is 91.3 Å². The minimum atomic E-state index is -5.60. The van der Waals surface area contributed by atoms with Crippen molar-refractivity contribution in [3.05, 3.63) is 0 Å². The summed E-state index contributed by atoms with van der Waals surface area (Å²) >= 11 is 0. The standard InChI is InChI=1S/C41H79O20P3/c1-3-5-6-7-8-9-10-11-12-15-19-22-25-29-35(44)58-33(30-56-34(43)28-24-21-18-16-13-14-17-20-23-27-32(42)26-4-2)31-57-64(54,55)61-39-36(45)37(46)40(59-62(48,49)50)41(38(39)47)60-63(51,52)53/h33,36-41,45-47H,3-31H2,1-2H3,(H,54,55)(H2,48,49,50)(H2,51,52,53)/t33-,36-,37+,38?,39?,40?,41-/m1/s1. The summed E-state index contributed by atoms with van der Waals surface area (Å²) in [6.07, 6.45) is 8.35. The molecule has 0 saturated heterocycles. The van der Waals surface area contributed by atoms with Gasteiger partial charge in [0.1, 0.15) is 49.0 Å². The number of carbonyl (C=O) groups is 3. The molecule has 1 rings (SSSR count). The molecule has 0 heterocycles. The number of aliphatic hydroxyl groups is 3. The number of aliphatic hydroxyl groups excluding tert-OH is 3. The summed E-state index contributed by atoms with van der Waals surface area (Å²) in [6.45, 7) is 2.69. The fraction of sp³-hybridized carbons (Fsp3) is 0.927. The third-order valence-corrected chi connectivity index (χ3v) is 12.8. The molecule has 0 radical (unpaired) electrons. The lowest BCUT2D eigenvalue weighted by Gasteiger charge is -2.44. The van der Waals surface area contributed by atoms with Gasteiger partial charge in [0.05, 0.1) is 6.61 Å². The second kappa shape index (κ2) is 34.2. The van der Waals surface area contributed by atoms with Crippen molar-refractivity contribution < 1.29 is 95.4 Å². The van der Waals surface area contributed by atoms with Crippen LogP contribution in [0.25, 0.3) is 0 Å². The van der Waals surface area contributed by atoms with Gasteiger partial charge in [0.2, 0.25) is 0 Å². The molecule has 8 N–H and O–H groups in total.